The molecule has 0 atom stereocenters. The molecule has 0 spiro atoms. The van der Waals surface area contributed by atoms with Gasteiger partial charge in [-0.3, -0.25) is 0 Å². The van der Waals surface area contributed by atoms with Crippen LogP contribution < -0.4 is 5.32 Å². The van der Waals surface area contributed by atoms with Crippen molar-refractivity contribution in [3.05, 3.63) is 94.5 Å². The Morgan fingerprint density at radius 3 is 2.55 bits per heavy atom. The van der Waals surface area contributed by atoms with Gasteiger partial charge in [-0.15, -0.1) is 0 Å². The number of hydrogen-bond acceptors (Lipinski definition) is 5. The molecule has 0 fully saturated rings. The maximum Gasteiger partial charge on any atom is 0.345 e. The topological polar surface area (TPSA) is 56.8 Å². The molecule has 0 aliphatic carbocycles. The molecule has 0 saturated carbocycles. The second-order valence-electron chi connectivity index (χ2n) is 7.90. The van der Waals surface area contributed by atoms with Crippen molar-refractivity contribution in [2.45, 2.75) is 47.0 Å². The van der Waals surface area contributed by atoms with Gasteiger partial charge in [0, 0.05) is 44.3 Å². The maximum absolute atomic E-state index is 12.5. The highest BCUT2D eigenvalue weighted by molar-refractivity contribution is 5.93. The predicted octanol–water partition coefficient (Wildman–Crippen LogP) is 5.32. The third-order valence-electron chi connectivity index (χ3n) is 4.61. The molecule has 0 saturated heterocycles. The molecule has 1 aromatic carbocycles. The van der Waals surface area contributed by atoms with Gasteiger partial charge in [-0.25, -0.2) is 4.79 Å². The molecule has 0 radical (unpaired) electrons. The molecular formula is C28H33NO4. The van der Waals surface area contributed by atoms with E-state index in [0.29, 0.717) is 24.5 Å². The Morgan fingerprint density at radius 2 is 1.91 bits per heavy atom. The molecule has 0 aromatic heterocycles. The highest BCUT2D eigenvalue weighted by atomic mass is 16.7. The molecule has 0 bridgehead atoms. The van der Waals surface area contributed by atoms with Crippen LogP contribution in [0.4, 0.5) is 0 Å². The zero-order valence-electron chi connectivity index (χ0n) is 20.3. The summed E-state index contributed by atoms with van der Waals surface area (Å²) in [5.74, 6) is 5.45. The lowest BCUT2D eigenvalue weighted by Gasteiger charge is -2.32. The van der Waals surface area contributed by atoms with Crippen molar-refractivity contribution in [3.63, 3.8) is 0 Å². The summed E-state index contributed by atoms with van der Waals surface area (Å²) in [5.41, 5.74) is 4.21. The first-order valence-electron chi connectivity index (χ1n) is 10.9. The van der Waals surface area contributed by atoms with E-state index in [1.165, 1.54) is 0 Å². The summed E-state index contributed by atoms with van der Waals surface area (Å²) in [7, 11) is 1.66. The van der Waals surface area contributed by atoms with Gasteiger partial charge in [0.05, 0.1) is 6.61 Å². The molecule has 5 nitrogen and oxygen atoms in total. The minimum absolute atomic E-state index is 0.391. The fourth-order valence-electron chi connectivity index (χ4n) is 2.97. The number of esters is 1. The average molecular weight is 448 g/mol. The van der Waals surface area contributed by atoms with Crippen LogP contribution in [0.2, 0.25) is 0 Å². The number of benzene rings is 1. The Bertz CT molecular complexity index is 1040. The zero-order chi connectivity index (χ0) is 24.3. The molecule has 33 heavy (non-hydrogen) atoms. The van der Waals surface area contributed by atoms with Gasteiger partial charge in [-0.05, 0) is 56.7 Å². The largest absolute Gasteiger partial charge is 0.452 e. The third-order valence-corrected chi connectivity index (χ3v) is 4.61. The number of methoxy groups -OCH3 is 1. The SMILES string of the molecule is C/C=C\C1=C(/C=C(\C)NCc2ccc(C#CC(/C=C\COC)=C/C)cc2)C(=O)OC(C)(C)O1. The highest BCUT2D eigenvalue weighted by Crippen LogP contribution is 2.28. The summed E-state index contributed by atoms with van der Waals surface area (Å²) < 4.78 is 16.2. The molecular weight excluding hydrogens is 414 g/mol. The Kier molecular flexibility index (Phi) is 9.78. The lowest BCUT2D eigenvalue weighted by Crippen LogP contribution is -2.36. The lowest BCUT2D eigenvalue weighted by atomic mass is 10.1. The average Bonchev–Trinajstić information content (AvgIpc) is 2.77. The van der Waals surface area contributed by atoms with Crippen LogP contribution in [-0.4, -0.2) is 25.5 Å². The van der Waals surface area contributed by atoms with Crippen LogP contribution in [0, 0.1) is 11.8 Å². The van der Waals surface area contributed by atoms with Gasteiger partial charge >= 0.3 is 5.97 Å². The van der Waals surface area contributed by atoms with Gasteiger partial charge in [-0.2, -0.15) is 0 Å². The number of cyclic esters (lactones) is 1. The summed E-state index contributed by atoms with van der Waals surface area (Å²) in [6, 6.07) is 8.06. The van der Waals surface area contributed by atoms with Gasteiger partial charge < -0.3 is 19.5 Å². The summed E-state index contributed by atoms with van der Waals surface area (Å²) in [5, 5.41) is 3.33. The van der Waals surface area contributed by atoms with E-state index in [0.717, 1.165) is 22.4 Å². The summed E-state index contributed by atoms with van der Waals surface area (Å²) in [6.07, 6.45) is 11.2. The Morgan fingerprint density at radius 1 is 1.18 bits per heavy atom. The second kappa shape index (κ2) is 12.5. The van der Waals surface area contributed by atoms with Crippen molar-refractivity contribution in [1.29, 1.82) is 0 Å². The first-order chi connectivity index (χ1) is 15.8. The van der Waals surface area contributed by atoms with Crippen molar-refractivity contribution < 1.29 is 19.0 Å². The Labute approximate surface area is 197 Å². The third kappa shape index (κ3) is 8.51. The van der Waals surface area contributed by atoms with Crippen molar-refractivity contribution in [2.24, 2.45) is 0 Å². The van der Waals surface area contributed by atoms with E-state index in [9.17, 15) is 4.79 Å². The van der Waals surface area contributed by atoms with E-state index in [1.54, 1.807) is 33.1 Å². The van der Waals surface area contributed by atoms with Crippen LogP contribution in [0.25, 0.3) is 0 Å². The molecule has 1 aliphatic rings. The van der Waals surface area contributed by atoms with Gasteiger partial charge in [0.15, 0.2) is 0 Å². The fraction of sp³-hybridized carbons (Fsp3) is 0.321. The minimum atomic E-state index is -0.983. The van der Waals surface area contributed by atoms with Crippen LogP contribution in [0.15, 0.2) is 83.3 Å². The lowest BCUT2D eigenvalue weighted by molar-refractivity contribution is -0.204. The van der Waals surface area contributed by atoms with E-state index in [2.05, 4.69) is 17.2 Å². The number of ether oxygens (including phenoxy) is 3. The first-order valence-corrected chi connectivity index (χ1v) is 10.9. The van der Waals surface area contributed by atoms with Gasteiger partial charge in [0.25, 0.3) is 0 Å². The molecule has 1 aromatic rings. The molecule has 1 aliphatic heterocycles. The number of carbonyl (C=O) groups excluding carboxylic acids is 1. The molecule has 0 unspecified atom stereocenters. The summed E-state index contributed by atoms with van der Waals surface area (Å²) in [6.45, 7) is 10.3. The summed E-state index contributed by atoms with van der Waals surface area (Å²) in [4.78, 5) is 12.5. The van der Waals surface area contributed by atoms with Crippen LogP contribution in [0.3, 0.4) is 0 Å². The molecule has 1 heterocycles. The quantitative estimate of drug-likeness (QED) is 0.332. The number of nitrogens with one attached hydrogen (secondary N) is 1. The minimum Gasteiger partial charge on any atom is -0.452 e. The van der Waals surface area contributed by atoms with Crippen molar-refractivity contribution in [3.8, 4) is 11.8 Å². The van der Waals surface area contributed by atoms with E-state index in [1.807, 2.05) is 69.3 Å². The van der Waals surface area contributed by atoms with E-state index in [4.69, 9.17) is 14.2 Å². The van der Waals surface area contributed by atoms with Crippen LogP contribution in [0.5, 0.6) is 0 Å². The van der Waals surface area contributed by atoms with Crippen molar-refractivity contribution >= 4 is 5.97 Å². The Hall–Kier alpha value is -3.49. The number of rotatable bonds is 8. The van der Waals surface area contributed by atoms with Crippen LogP contribution in [0.1, 0.15) is 45.7 Å². The molecule has 1 N–H and O–H groups in total. The monoisotopic (exact) mass is 447 g/mol. The number of hydrogen-bond donors (Lipinski definition) is 1. The van der Waals surface area contributed by atoms with E-state index in [-0.39, 0.29) is 0 Å². The number of carbonyl (C=O) groups is 1. The van der Waals surface area contributed by atoms with Gasteiger partial charge in [-0.1, -0.05) is 42.2 Å². The second-order valence-corrected chi connectivity index (χ2v) is 7.90. The standard InChI is InChI=1S/C28H33NO4/c1-7-10-26-25(27(30)33-28(4,5)32-26)19-21(3)29-20-24-16-14-23(15-17-24)13-12-22(8-2)11-9-18-31-6/h7-11,14-17,19,29H,18,20H2,1-6H3/b10-7-,11-9-,21-19+,22-8+. The fourth-order valence-corrected chi connectivity index (χ4v) is 2.97. The van der Waals surface area contributed by atoms with E-state index >= 15 is 0 Å². The van der Waals surface area contributed by atoms with Crippen molar-refractivity contribution in [2.75, 3.05) is 13.7 Å². The first kappa shape index (κ1) is 25.8. The predicted molar refractivity (Wildman–Crippen MR) is 132 cm³/mol. The van der Waals surface area contributed by atoms with Crippen LogP contribution >= 0.6 is 0 Å². The maximum atomic E-state index is 12.5. The number of allylic oxidation sites excluding steroid dienone is 6. The summed E-state index contributed by atoms with van der Waals surface area (Å²) >= 11 is 0. The molecule has 2 rings (SSSR count). The highest BCUT2D eigenvalue weighted by Gasteiger charge is 2.34. The van der Waals surface area contributed by atoms with Gasteiger partial charge in [0.2, 0.25) is 5.79 Å². The zero-order valence-corrected chi connectivity index (χ0v) is 20.3. The normalized spacial score (nSPS) is 16.5. The van der Waals surface area contributed by atoms with Crippen LogP contribution in [-0.2, 0) is 25.5 Å². The smallest absolute Gasteiger partial charge is 0.345 e. The molecule has 0 amide bonds. The Balaban J connectivity index is 2.04. The van der Waals surface area contributed by atoms with E-state index < -0.39 is 11.8 Å². The molecule has 5 heteroatoms. The van der Waals surface area contributed by atoms with Crippen molar-refractivity contribution in [1.82, 2.24) is 5.32 Å². The molecule has 174 valence electrons. The van der Waals surface area contributed by atoms with Gasteiger partial charge in [0.1, 0.15) is 11.3 Å².